The summed E-state index contributed by atoms with van der Waals surface area (Å²) in [7, 11) is 6.36. The van der Waals surface area contributed by atoms with Gasteiger partial charge in [-0.05, 0) is 64.6 Å². The van der Waals surface area contributed by atoms with Crippen molar-refractivity contribution in [2.75, 3.05) is 33.9 Å². The molecule has 2 heterocycles. The Balaban J connectivity index is 1.47. The minimum Gasteiger partial charge on any atom is -0.381 e. The molecule has 5 nitrogen and oxygen atoms in total. The third-order valence-electron chi connectivity index (χ3n) is 5.98. The summed E-state index contributed by atoms with van der Waals surface area (Å²) in [5.41, 5.74) is 2.59. The van der Waals surface area contributed by atoms with Crippen molar-refractivity contribution in [3.63, 3.8) is 0 Å². The summed E-state index contributed by atoms with van der Waals surface area (Å²) in [6, 6.07) is 3.03. The van der Waals surface area contributed by atoms with Crippen molar-refractivity contribution < 1.29 is 4.74 Å². The van der Waals surface area contributed by atoms with Crippen LogP contribution in [-0.2, 0) is 18.3 Å². The van der Waals surface area contributed by atoms with Gasteiger partial charge in [-0.15, -0.1) is 0 Å². The Morgan fingerprint density at radius 2 is 1.92 bits per heavy atom. The minimum atomic E-state index is 0.659. The summed E-state index contributed by atoms with van der Waals surface area (Å²) < 4.78 is 7.53. The second-order valence-corrected chi connectivity index (χ2v) is 7.72. The van der Waals surface area contributed by atoms with Gasteiger partial charge in [0.05, 0.1) is 11.4 Å². The van der Waals surface area contributed by atoms with Gasteiger partial charge in [0.1, 0.15) is 0 Å². The van der Waals surface area contributed by atoms with Crippen molar-refractivity contribution in [2.45, 2.75) is 57.0 Å². The number of ether oxygens (including phenoxy) is 1. The second-order valence-electron chi connectivity index (χ2n) is 7.72. The predicted octanol–water partition coefficient (Wildman–Crippen LogP) is 2.52. The maximum Gasteiger partial charge on any atom is 0.0658 e. The van der Waals surface area contributed by atoms with Crippen molar-refractivity contribution in [1.29, 1.82) is 0 Å². The van der Waals surface area contributed by atoms with Gasteiger partial charge < -0.3 is 15.0 Å². The van der Waals surface area contributed by atoms with Crippen LogP contribution in [-0.4, -0.2) is 54.6 Å². The van der Waals surface area contributed by atoms with Crippen molar-refractivity contribution >= 4 is 0 Å². The standard InChI is InChI=1S/C19H34N4O/c1-20-13-18-12-19(21-23(18)3)16-6-4-15(5-7-16)14-22(2)17-8-10-24-11-9-17/h12,15-17,20H,4-11,13-14H2,1-3H3. The van der Waals surface area contributed by atoms with Crippen LogP contribution in [0.3, 0.4) is 0 Å². The van der Waals surface area contributed by atoms with Crippen molar-refractivity contribution in [3.05, 3.63) is 17.5 Å². The number of aryl methyl sites for hydroxylation is 1. The molecule has 0 unspecified atom stereocenters. The van der Waals surface area contributed by atoms with Gasteiger partial charge in [-0.3, -0.25) is 4.68 Å². The van der Waals surface area contributed by atoms with Crippen LogP contribution in [0.2, 0.25) is 0 Å². The summed E-state index contributed by atoms with van der Waals surface area (Å²) in [6.07, 6.45) is 7.68. The van der Waals surface area contributed by atoms with Crippen molar-refractivity contribution in [1.82, 2.24) is 20.0 Å². The van der Waals surface area contributed by atoms with Gasteiger partial charge in [0, 0.05) is 45.3 Å². The summed E-state index contributed by atoms with van der Waals surface area (Å²) in [4.78, 5) is 2.60. The van der Waals surface area contributed by atoms with Crippen LogP contribution in [0.15, 0.2) is 6.07 Å². The normalized spacial score (nSPS) is 26.2. The molecular formula is C19H34N4O. The Labute approximate surface area is 146 Å². The zero-order chi connectivity index (χ0) is 16.9. The number of aromatic nitrogens is 2. The molecule has 1 aliphatic carbocycles. The highest BCUT2D eigenvalue weighted by Gasteiger charge is 2.27. The number of rotatable bonds is 6. The van der Waals surface area contributed by atoms with E-state index >= 15 is 0 Å². The van der Waals surface area contributed by atoms with Crippen LogP contribution in [0, 0.1) is 5.92 Å². The second kappa shape index (κ2) is 8.45. The summed E-state index contributed by atoms with van der Waals surface area (Å²) >= 11 is 0. The smallest absolute Gasteiger partial charge is 0.0658 e. The maximum absolute atomic E-state index is 5.49. The fourth-order valence-corrected chi connectivity index (χ4v) is 4.40. The monoisotopic (exact) mass is 334 g/mol. The third kappa shape index (κ3) is 4.38. The predicted molar refractivity (Wildman–Crippen MR) is 97.1 cm³/mol. The van der Waals surface area contributed by atoms with E-state index in [4.69, 9.17) is 9.84 Å². The summed E-state index contributed by atoms with van der Waals surface area (Å²) in [5.74, 6) is 1.51. The van der Waals surface area contributed by atoms with Crippen LogP contribution in [0.1, 0.15) is 55.8 Å². The molecule has 1 saturated heterocycles. The first kappa shape index (κ1) is 17.9. The Morgan fingerprint density at radius 3 is 2.58 bits per heavy atom. The van der Waals surface area contributed by atoms with Crippen molar-refractivity contribution in [2.24, 2.45) is 13.0 Å². The molecule has 1 N–H and O–H groups in total. The molecule has 5 heteroatoms. The number of hydrogen-bond donors (Lipinski definition) is 1. The van der Waals surface area contributed by atoms with Crippen molar-refractivity contribution in [3.8, 4) is 0 Å². The molecule has 1 aromatic heterocycles. The van der Waals surface area contributed by atoms with E-state index in [1.165, 1.54) is 56.5 Å². The molecule has 2 fully saturated rings. The Kier molecular flexibility index (Phi) is 6.31. The van der Waals surface area contributed by atoms with Crippen LogP contribution in [0.4, 0.5) is 0 Å². The Bertz CT molecular complexity index is 501. The SMILES string of the molecule is CNCc1cc(C2CCC(CN(C)C3CCOCC3)CC2)nn1C. The van der Waals surface area contributed by atoms with E-state index in [2.05, 4.69) is 30.4 Å². The number of nitrogens with zero attached hydrogens (tertiary/aromatic N) is 3. The first-order chi connectivity index (χ1) is 11.7. The Morgan fingerprint density at radius 1 is 1.21 bits per heavy atom. The van der Waals surface area contributed by atoms with Crippen LogP contribution in [0.5, 0.6) is 0 Å². The van der Waals surface area contributed by atoms with E-state index < -0.39 is 0 Å². The van der Waals surface area contributed by atoms with Crippen LogP contribution < -0.4 is 5.32 Å². The summed E-state index contributed by atoms with van der Waals surface area (Å²) in [5, 5.41) is 7.99. The van der Waals surface area contributed by atoms with Crippen LogP contribution in [0.25, 0.3) is 0 Å². The van der Waals surface area contributed by atoms with Gasteiger partial charge in [0.25, 0.3) is 0 Å². The molecular weight excluding hydrogens is 300 g/mol. The van der Waals surface area contributed by atoms with E-state index in [1.54, 1.807) is 0 Å². The molecule has 1 aromatic rings. The van der Waals surface area contributed by atoms with Gasteiger partial charge in [-0.25, -0.2) is 0 Å². The zero-order valence-electron chi connectivity index (χ0n) is 15.6. The molecule has 0 atom stereocenters. The number of hydrogen-bond acceptors (Lipinski definition) is 4. The maximum atomic E-state index is 5.49. The average Bonchev–Trinajstić information content (AvgIpc) is 2.97. The average molecular weight is 335 g/mol. The van der Waals surface area contributed by atoms with E-state index in [-0.39, 0.29) is 0 Å². The molecule has 24 heavy (non-hydrogen) atoms. The largest absolute Gasteiger partial charge is 0.381 e. The van der Waals surface area contributed by atoms with Gasteiger partial charge in [0.15, 0.2) is 0 Å². The quantitative estimate of drug-likeness (QED) is 0.868. The molecule has 136 valence electrons. The molecule has 1 saturated carbocycles. The van der Waals surface area contributed by atoms with Gasteiger partial charge in [-0.2, -0.15) is 5.10 Å². The molecule has 3 rings (SSSR count). The molecule has 0 radical (unpaired) electrons. The highest BCUT2D eigenvalue weighted by molar-refractivity contribution is 5.15. The fourth-order valence-electron chi connectivity index (χ4n) is 4.40. The molecule has 1 aliphatic heterocycles. The van der Waals surface area contributed by atoms with Gasteiger partial charge in [-0.1, -0.05) is 0 Å². The Hall–Kier alpha value is -0.910. The van der Waals surface area contributed by atoms with Gasteiger partial charge in [0.2, 0.25) is 0 Å². The van der Waals surface area contributed by atoms with E-state index in [0.717, 1.165) is 31.7 Å². The lowest BCUT2D eigenvalue weighted by Crippen LogP contribution is -2.40. The zero-order valence-corrected chi connectivity index (χ0v) is 15.6. The topological polar surface area (TPSA) is 42.3 Å². The summed E-state index contributed by atoms with van der Waals surface area (Å²) in [6.45, 7) is 4.03. The molecule has 0 amide bonds. The van der Waals surface area contributed by atoms with E-state index in [9.17, 15) is 0 Å². The van der Waals surface area contributed by atoms with Gasteiger partial charge >= 0.3 is 0 Å². The molecule has 0 aromatic carbocycles. The minimum absolute atomic E-state index is 0.659. The number of nitrogens with one attached hydrogen (secondary N) is 1. The fraction of sp³-hybridized carbons (Fsp3) is 0.842. The first-order valence-electron chi connectivity index (χ1n) is 9.62. The molecule has 0 bridgehead atoms. The highest BCUT2D eigenvalue weighted by Crippen LogP contribution is 2.36. The third-order valence-corrected chi connectivity index (χ3v) is 5.98. The van der Waals surface area contributed by atoms with E-state index in [0.29, 0.717) is 5.92 Å². The molecule has 0 spiro atoms. The highest BCUT2D eigenvalue weighted by atomic mass is 16.5. The van der Waals surface area contributed by atoms with E-state index in [1.807, 2.05) is 11.7 Å². The lowest BCUT2D eigenvalue weighted by Gasteiger charge is -2.36. The lowest BCUT2D eigenvalue weighted by molar-refractivity contribution is 0.0358. The molecule has 2 aliphatic rings. The first-order valence-corrected chi connectivity index (χ1v) is 9.62. The lowest BCUT2D eigenvalue weighted by atomic mass is 9.80. The van der Waals surface area contributed by atoms with Crippen LogP contribution >= 0.6 is 0 Å².